The second-order valence-corrected chi connectivity index (χ2v) is 20.1. The predicted octanol–water partition coefficient (Wildman–Crippen LogP) is 2.73. The number of aliphatic hydroxyl groups excluding tert-OH is 9. The van der Waals surface area contributed by atoms with Crippen LogP contribution in [0.4, 0.5) is 0 Å². The fourth-order valence-electron chi connectivity index (χ4n) is 8.71. The maximum absolute atomic E-state index is 11.6. The standard InChI is InChI=1S/C26H45NO9.C18H36O8.C7H13NO3.C5H12O2.CH4O/c1-6-19(32-17(5)29)12-23-14-22(35-26(36-23)15-27-24(31)7-2)11-18(30)10-21-13-20(9-16(4)28)33-25(8-3)34-21;1-4-18(26-12(3)20)10-17(25)9-16(24)8-15(23)7-14(22)6-13(21)5-11(2)19;1-4-6(9)8-5-7(10-2)11-3;1-4-5(6-2)7-3;1-2/h7,16,18-23,25-26,28,30H,2,6,8-15H2,1,3-5H3,(H,27,31);11,13-19,21-25H,4-10H2,1-3H3;4,7H,1,5H2,2-3H3,(H,8,9);5H,4H2,1-3H3;2H,1H3. The summed E-state index contributed by atoms with van der Waals surface area (Å²) in [4.78, 5) is 44.6. The van der Waals surface area contributed by atoms with Crippen molar-refractivity contribution in [3.63, 3.8) is 0 Å². The molecule has 82 heavy (non-hydrogen) atoms. The SMILES string of the molecule is C=CC(=O)NCC(OC)OC.C=CC(=O)NCC1OC(CC(O)CC2CC(CC(C)O)OC(CC)O2)CC(CC(CC)OC(C)=O)O1.CCC(CC(O)CC(O)CC(O)CC(O)CC(O)CC(C)O)OC(C)=O.CCC(OC)OC.CO. The van der Waals surface area contributed by atoms with Crippen LogP contribution in [0.15, 0.2) is 25.3 Å². The van der Waals surface area contributed by atoms with E-state index in [1.807, 2.05) is 27.7 Å². The molecule has 0 radical (unpaired) electrons. The Labute approximate surface area is 488 Å². The molecule has 0 aromatic carbocycles. The summed E-state index contributed by atoms with van der Waals surface area (Å²) in [5, 5.41) is 91.5. The van der Waals surface area contributed by atoms with Gasteiger partial charge in [0.05, 0.1) is 86.3 Å². The minimum atomic E-state index is -0.985. The van der Waals surface area contributed by atoms with Crippen LogP contribution in [-0.2, 0) is 66.5 Å². The molecule has 0 bridgehead atoms. The first-order valence-electron chi connectivity index (χ1n) is 28.5. The smallest absolute Gasteiger partial charge is 0.302 e. The Bertz CT molecular complexity index is 1600. The van der Waals surface area contributed by atoms with Crippen LogP contribution in [0.2, 0.25) is 0 Å². The summed E-state index contributed by atoms with van der Waals surface area (Å²) in [6.45, 7) is 20.9. The molecule has 486 valence electrons. The fraction of sp³-hybridized carbons (Fsp3) is 0.860. The molecule has 2 amide bonds. The Hall–Kier alpha value is -3.32. The van der Waals surface area contributed by atoms with Crippen LogP contribution in [0, 0.1) is 0 Å². The number of carbonyl (C=O) groups is 4. The van der Waals surface area contributed by atoms with Gasteiger partial charge in [-0.1, -0.05) is 40.9 Å². The summed E-state index contributed by atoms with van der Waals surface area (Å²) in [6.07, 6.45) is -1.03. The number of amides is 2. The zero-order valence-corrected chi connectivity index (χ0v) is 51.4. The van der Waals surface area contributed by atoms with Gasteiger partial charge in [0.2, 0.25) is 11.8 Å². The van der Waals surface area contributed by atoms with E-state index in [1.165, 1.54) is 47.1 Å². The number of hydrogen-bond donors (Lipinski definition) is 11. The Morgan fingerprint density at radius 2 is 0.878 bits per heavy atom. The lowest BCUT2D eigenvalue weighted by Gasteiger charge is -2.39. The van der Waals surface area contributed by atoms with Gasteiger partial charge >= 0.3 is 11.9 Å². The maximum atomic E-state index is 11.6. The van der Waals surface area contributed by atoms with Gasteiger partial charge in [0, 0.05) is 75.1 Å². The normalized spacial score (nSPS) is 22.2. The lowest BCUT2D eigenvalue weighted by molar-refractivity contribution is -0.257. The first-order chi connectivity index (χ1) is 38.7. The first kappa shape index (κ1) is 82.9. The Morgan fingerprint density at radius 1 is 0.500 bits per heavy atom. The van der Waals surface area contributed by atoms with E-state index in [2.05, 4.69) is 23.8 Å². The number of carbonyl (C=O) groups excluding carboxylic acids is 4. The fourth-order valence-corrected chi connectivity index (χ4v) is 8.71. The molecule has 0 aromatic rings. The summed E-state index contributed by atoms with van der Waals surface area (Å²) in [5.74, 6) is -1.33. The van der Waals surface area contributed by atoms with Gasteiger partial charge in [-0.3, -0.25) is 19.2 Å². The molecule has 11 N–H and O–H groups in total. The molecule has 16 unspecified atom stereocenters. The van der Waals surface area contributed by atoms with E-state index in [4.69, 9.17) is 52.5 Å². The zero-order valence-electron chi connectivity index (χ0n) is 51.4. The van der Waals surface area contributed by atoms with Crippen molar-refractivity contribution >= 4 is 23.8 Å². The number of hydrogen-bond acceptors (Lipinski definition) is 23. The van der Waals surface area contributed by atoms with Crippen molar-refractivity contribution in [2.45, 2.75) is 269 Å². The molecule has 2 heterocycles. The topological polar surface area (TPSA) is 367 Å². The summed E-state index contributed by atoms with van der Waals surface area (Å²) < 4.78 is 53.7. The molecule has 0 aromatic heterocycles. The molecule has 25 heteroatoms. The number of methoxy groups -OCH3 is 4. The van der Waals surface area contributed by atoms with Crippen LogP contribution in [0.3, 0.4) is 0 Å². The van der Waals surface area contributed by atoms with Crippen molar-refractivity contribution in [1.29, 1.82) is 0 Å². The van der Waals surface area contributed by atoms with Gasteiger partial charge in [-0.2, -0.15) is 0 Å². The van der Waals surface area contributed by atoms with Gasteiger partial charge in [-0.05, 0) is 103 Å². The van der Waals surface area contributed by atoms with E-state index in [0.717, 1.165) is 13.5 Å². The molecule has 25 nitrogen and oxygen atoms in total. The summed E-state index contributed by atoms with van der Waals surface area (Å²) >= 11 is 0. The van der Waals surface area contributed by atoms with Crippen LogP contribution in [0.25, 0.3) is 0 Å². The second kappa shape index (κ2) is 51.0. The number of ether oxygens (including phenoxy) is 10. The highest BCUT2D eigenvalue weighted by Crippen LogP contribution is 2.30. The molecule has 0 saturated carbocycles. The molecular formula is C57H110N2O23. The largest absolute Gasteiger partial charge is 0.462 e. The highest BCUT2D eigenvalue weighted by molar-refractivity contribution is 5.87. The molecular weight excluding hydrogens is 1080 g/mol. The minimum absolute atomic E-state index is 0.0139. The first-order valence-corrected chi connectivity index (χ1v) is 28.5. The van der Waals surface area contributed by atoms with Crippen molar-refractivity contribution in [1.82, 2.24) is 10.6 Å². The number of nitrogens with one attached hydrogen (secondary N) is 2. The van der Waals surface area contributed by atoms with E-state index >= 15 is 0 Å². The zero-order chi connectivity index (χ0) is 63.3. The molecule has 2 aliphatic rings. The van der Waals surface area contributed by atoms with Gasteiger partial charge in [0.25, 0.3) is 0 Å². The second-order valence-electron chi connectivity index (χ2n) is 20.1. The van der Waals surface area contributed by atoms with Crippen molar-refractivity contribution in [3.8, 4) is 0 Å². The number of aliphatic hydroxyl groups is 9. The van der Waals surface area contributed by atoms with E-state index in [1.54, 1.807) is 21.1 Å². The monoisotopic (exact) mass is 1190 g/mol. The van der Waals surface area contributed by atoms with Crippen LogP contribution in [0.5, 0.6) is 0 Å². The van der Waals surface area contributed by atoms with Crippen LogP contribution >= 0.6 is 0 Å². The lowest BCUT2D eigenvalue weighted by atomic mass is 9.95. The summed E-state index contributed by atoms with van der Waals surface area (Å²) in [7, 11) is 7.29. The Morgan fingerprint density at radius 3 is 1.23 bits per heavy atom. The van der Waals surface area contributed by atoms with Crippen LogP contribution < -0.4 is 10.6 Å². The van der Waals surface area contributed by atoms with Crippen LogP contribution in [-0.4, -0.2) is 229 Å². The van der Waals surface area contributed by atoms with E-state index in [0.29, 0.717) is 64.3 Å². The summed E-state index contributed by atoms with van der Waals surface area (Å²) in [6, 6.07) is 0. The minimum Gasteiger partial charge on any atom is -0.462 e. The van der Waals surface area contributed by atoms with Crippen molar-refractivity contribution in [2.24, 2.45) is 0 Å². The average Bonchev–Trinajstić information content (AvgIpc) is 3.48. The number of esters is 2. The van der Waals surface area contributed by atoms with Gasteiger partial charge in [0.1, 0.15) is 12.2 Å². The molecule has 2 rings (SSSR count). The molecule has 2 fully saturated rings. The molecule has 2 saturated heterocycles. The van der Waals surface area contributed by atoms with Crippen molar-refractivity contribution in [3.05, 3.63) is 25.3 Å². The van der Waals surface area contributed by atoms with Crippen molar-refractivity contribution in [2.75, 3.05) is 48.6 Å². The molecule has 16 atom stereocenters. The molecule has 0 spiro atoms. The van der Waals surface area contributed by atoms with Gasteiger partial charge in [-0.15, -0.1) is 0 Å². The van der Waals surface area contributed by atoms with E-state index in [9.17, 15) is 60.0 Å². The third kappa shape index (κ3) is 45.1. The third-order valence-corrected chi connectivity index (χ3v) is 12.5. The third-order valence-electron chi connectivity index (χ3n) is 12.5. The van der Waals surface area contributed by atoms with E-state index < -0.39 is 67.2 Å². The highest BCUT2D eigenvalue weighted by atomic mass is 16.7. The van der Waals surface area contributed by atoms with Crippen LogP contribution in [0.1, 0.15) is 158 Å². The lowest BCUT2D eigenvalue weighted by Crippen LogP contribution is -2.46. The van der Waals surface area contributed by atoms with Crippen molar-refractivity contribution < 1.29 is 113 Å². The highest BCUT2D eigenvalue weighted by Gasteiger charge is 2.36. The van der Waals surface area contributed by atoms with Gasteiger partial charge in [-0.25, -0.2) is 0 Å². The maximum Gasteiger partial charge on any atom is 0.302 e. The molecule has 2 aliphatic heterocycles. The molecule has 0 aliphatic carbocycles. The predicted molar refractivity (Wildman–Crippen MR) is 304 cm³/mol. The van der Waals surface area contributed by atoms with Gasteiger partial charge < -0.3 is 104 Å². The Balaban J connectivity index is -0.00000117. The summed E-state index contributed by atoms with van der Waals surface area (Å²) in [5.41, 5.74) is 0. The van der Waals surface area contributed by atoms with Gasteiger partial charge in [0.15, 0.2) is 25.2 Å². The average molecular weight is 1190 g/mol. The quantitative estimate of drug-likeness (QED) is 0.0244. The number of rotatable bonds is 36. The Kier molecular flexibility index (Phi) is 51.5. The van der Waals surface area contributed by atoms with E-state index in [-0.39, 0.29) is 112 Å².